The molecule has 0 saturated carbocycles. The lowest BCUT2D eigenvalue weighted by molar-refractivity contribution is -0.135. The third kappa shape index (κ3) is 3.36. The molecule has 1 aromatic heterocycles. The molecule has 1 N–H and O–H groups in total. The maximum Gasteiger partial charge on any atom is 0.336 e. The number of carbonyl (C=O) groups excluding carboxylic acids is 2. The van der Waals surface area contributed by atoms with Crippen LogP contribution in [0.4, 0.5) is 0 Å². The van der Waals surface area contributed by atoms with E-state index >= 15 is 0 Å². The Balaban J connectivity index is 2.17. The molecule has 0 aliphatic carbocycles. The van der Waals surface area contributed by atoms with Crippen molar-refractivity contribution in [3.05, 3.63) is 50.9 Å². The predicted octanol–water partition coefficient (Wildman–Crippen LogP) is 3.48. The number of phenols is 1. The highest BCUT2D eigenvalue weighted by Gasteiger charge is 2.39. The molecule has 9 heteroatoms. The molecule has 1 atom stereocenters. The van der Waals surface area contributed by atoms with Gasteiger partial charge in [0.05, 0.1) is 33.1 Å². The molecule has 4 rings (SSSR count). The van der Waals surface area contributed by atoms with Crippen LogP contribution in [0.5, 0.6) is 28.7 Å². The van der Waals surface area contributed by atoms with Crippen molar-refractivity contribution in [2.24, 2.45) is 0 Å². The number of aryl methyl sites for hydroxylation is 1. The van der Waals surface area contributed by atoms with Gasteiger partial charge < -0.3 is 28.5 Å². The molecule has 0 bridgehead atoms. The molecule has 0 radical (unpaired) electrons. The van der Waals surface area contributed by atoms with E-state index in [1.54, 1.807) is 19.1 Å². The number of Topliss-reactive ketones (excluding diaryl/α,β-unsaturated/α-hetero) is 1. The van der Waals surface area contributed by atoms with Gasteiger partial charge in [0.1, 0.15) is 16.9 Å². The molecule has 9 nitrogen and oxygen atoms in total. The van der Waals surface area contributed by atoms with Gasteiger partial charge in [0, 0.05) is 23.1 Å². The van der Waals surface area contributed by atoms with E-state index in [9.17, 15) is 19.5 Å². The number of carbonyl (C=O) groups is 2. The van der Waals surface area contributed by atoms with Crippen LogP contribution < -0.4 is 24.6 Å². The highest BCUT2D eigenvalue weighted by molar-refractivity contribution is 6.09. The minimum absolute atomic E-state index is 0.0341. The Kier molecular flexibility index (Phi) is 5.49. The summed E-state index contributed by atoms with van der Waals surface area (Å²) in [5.41, 5.74) is 0.461. The van der Waals surface area contributed by atoms with Gasteiger partial charge in [-0.3, -0.25) is 9.59 Å². The van der Waals surface area contributed by atoms with Crippen LogP contribution in [-0.2, 0) is 4.79 Å². The van der Waals surface area contributed by atoms with E-state index in [1.807, 2.05) is 0 Å². The Bertz CT molecular complexity index is 1370. The number of aromatic hydroxyl groups is 1. The third-order valence-electron chi connectivity index (χ3n) is 5.75. The summed E-state index contributed by atoms with van der Waals surface area (Å²) in [6.07, 6.45) is -0.131. The van der Waals surface area contributed by atoms with Crippen LogP contribution in [0, 0.1) is 6.92 Å². The highest BCUT2D eigenvalue weighted by atomic mass is 16.5. The number of methoxy groups -OCH3 is 3. The summed E-state index contributed by atoms with van der Waals surface area (Å²) in [6.45, 7) is 2.88. The minimum atomic E-state index is -0.734. The fourth-order valence-electron chi connectivity index (χ4n) is 4.40. The number of phenolic OH excluding ortho intramolecular Hbond substituents is 1. The molecular formula is C24H22O9. The maximum atomic E-state index is 12.6. The predicted molar refractivity (Wildman–Crippen MR) is 117 cm³/mol. The summed E-state index contributed by atoms with van der Waals surface area (Å²) in [5, 5.41) is 11.1. The number of hydrogen-bond acceptors (Lipinski definition) is 9. The van der Waals surface area contributed by atoms with E-state index in [-0.39, 0.29) is 28.7 Å². The Morgan fingerprint density at radius 2 is 1.79 bits per heavy atom. The van der Waals surface area contributed by atoms with Gasteiger partial charge in [-0.15, -0.1) is 0 Å². The molecule has 2 heterocycles. The standard InChI is InChI=1S/C24H22O9/c1-10-8-15(26)32-23-17(10)20(28)18(11(2)25)24-19(23)13(9-16(27)33-24)12-6-7-14(29-3)22(31-5)21(12)30-4/h6-8,13,28H,9H2,1-5H3. The van der Waals surface area contributed by atoms with E-state index < -0.39 is 29.0 Å². The maximum absolute atomic E-state index is 12.6. The van der Waals surface area contributed by atoms with Crippen LogP contribution in [-0.4, -0.2) is 38.2 Å². The lowest BCUT2D eigenvalue weighted by Gasteiger charge is -2.29. The van der Waals surface area contributed by atoms with Crippen molar-refractivity contribution in [1.29, 1.82) is 0 Å². The largest absolute Gasteiger partial charge is 0.506 e. The van der Waals surface area contributed by atoms with Crippen LogP contribution >= 0.6 is 0 Å². The summed E-state index contributed by atoms with van der Waals surface area (Å²) in [6, 6.07) is 4.58. The molecule has 2 aromatic carbocycles. The fraction of sp³-hybridized carbons (Fsp3) is 0.292. The molecule has 0 saturated heterocycles. The van der Waals surface area contributed by atoms with Crippen molar-refractivity contribution in [2.75, 3.05) is 21.3 Å². The molecule has 1 aliphatic heterocycles. The summed E-state index contributed by atoms with van der Waals surface area (Å²) < 4.78 is 27.4. The first kappa shape index (κ1) is 22.2. The van der Waals surface area contributed by atoms with Crippen LogP contribution in [0.3, 0.4) is 0 Å². The first-order valence-corrected chi connectivity index (χ1v) is 10.1. The summed E-state index contributed by atoms with van der Waals surface area (Å²) in [4.78, 5) is 37.4. The van der Waals surface area contributed by atoms with E-state index in [4.69, 9.17) is 23.4 Å². The molecule has 3 aromatic rings. The zero-order chi connectivity index (χ0) is 24.0. The topological polar surface area (TPSA) is 122 Å². The summed E-state index contributed by atoms with van der Waals surface area (Å²) in [5.74, 6) is -1.39. The number of hydrogen-bond donors (Lipinski definition) is 1. The Labute approximate surface area is 188 Å². The third-order valence-corrected chi connectivity index (χ3v) is 5.75. The van der Waals surface area contributed by atoms with Crippen molar-refractivity contribution in [1.82, 2.24) is 0 Å². The van der Waals surface area contributed by atoms with E-state index in [1.165, 1.54) is 34.3 Å². The molecule has 1 aliphatic rings. The highest BCUT2D eigenvalue weighted by Crippen LogP contribution is 2.53. The second kappa shape index (κ2) is 8.16. The number of rotatable bonds is 5. The Morgan fingerprint density at radius 1 is 1.09 bits per heavy atom. The number of fused-ring (bicyclic) bond motifs is 3. The number of esters is 1. The van der Waals surface area contributed by atoms with Gasteiger partial charge in [-0.1, -0.05) is 6.07 Å². The fourth-order valence-corrected chi connectivity index (χ4v) is 4.40. The minimum Gasteiger partial charge on any atom is -0.506 e. The van der Waals surface area contributed by atoms with E-state index in [0.717, 1.165) is 0 Å². The summed E-state index contributed by atoms with van der Waals surface area (Å²) >= 11 is 0. The summed E-state index contributed by atoms with van der Waals surface area (Å²) in [7, 11) is 4.39. The monoisotopic (exact) mass is 454 g/mol. The molecular weight excluding hydrogens is 432 g/mol. The Hall–Kier alpha value is -4.01. The van der Waals surface area contributed by atoms with Gasteiger partial charge in [0.2, 0.25) is 5.75 Å². The zero-order valence-electron chi connectivity index (χ0n) is 18.7. The van der Waals surface area contributed by atoms with Gasteiger partial charge in [-0.05, 0) is 25.5 Å². The second-order valence-corrected chi connectivity index (χ2v) is 7.63. The van der Waals surface area contributed by atoms with Crippen molar-refractivity contribution >= 4 is 22.7 Å². The second-order valence-electron chi connectivity index (χ2n) is 7.63. The lowest BCUT2D eigenvalue weighted by Crippen LogP contribution is -2.24. The molecule has 0 spiro atoms. The molecule has 1 unspecified atom stereocenters. The van der Waals surface area contributed by atoms with E-state index in [0.29, 0.717) is 33.9 Å². The first-order valence-electron chi connectivity index (χ1n) is 10.1. The van der Waals surface area contributed by atoms with Crippen LogP contribution in [0.25, 0.3) is 11.0 Å². The number of benzene rings is 2. The van der Waals surface area contributed by atoms with Crippen molar-refractivity contribution in [2.45, 2.75) is 26.2 Å². The lowest BCUT2D eigenvalue weighted by atomic mass is 9.82. The van der Waals surface area contributed by atoms with Crippen LogP contribution in [0.1, 0.15) is 46.3 Å². The van der Waals surface area contributed by atoms with Crippen LogP contribution in [0.15, 0.2) is 27.4 Å². The smallest absolute Gasteiger partial charge is 0.336 e. The van der Waals surface area contributed by atoms with Crippen LogP contribution in [0.2, 0.25) is 0 Å². The average Bonchev–Trinajstić information content (AvgIpc) is 2.76. The average molecular weight is 454 g/mol. The van der Waals surface area contributed by atoms with Crippen molar-refractivity contribution in [3.63, 3.8) is 0 Å². The zero-order valence-corrected chi connectivity index (χ0v) is 18.7. The Morgan fingerprint density at radius 3 is 2.39 bits per heavy atom. The molecule has 0 fully saturated rings. The van der Waals surface area contributed by atoms with Gasteiger partial charge in [-0.25, -0.2) is 4.79 Å². The van der Waals surface area contributed by atoms with Gasteiger partial charge >= 0.3 is 11.6 Å². The quantitative estimate of drug-likeness (QED) is 0.267. The number of ketones is 1. The van der Waals surface area contributed by atoms with Gasteiger partial charge in [-0.2, -0.15) is 0 Å². The SMILES string of the molecule is COc1ccc(C2CC(=O)Oc3c(C(C)=O)c(O)c4c(C)cc(=O)oc4c32)c(OC)c1OC. The molecule has 0 amide bonds. The number of ether oxygens (including phenoxy) is 4. The first-order chi connectivity index (χ1) is 15.7. The van der Waals surface area contributed by atoms with Crippen molar-refractivity contribution < 1.29 is 38.1 Å². The van der Waals surface area contributed by atoms with Gasteiger partial charge in [0.25, 0.3) is 0 Å². The molecule has 172 valence electrons. The van der Waals surface area contributed by atoms with Gasteiger partial charge in [0.15, 0.2) is 23.0 Å². The molecule has 33 heavy (non-hydrogen) atoms. The normalized spacial score (nSPS) is 15.1. The van der Waals surface area contributed by atoms with E-state index in [2.05, 4.69) is 0 Å². The van der Waals surface area contributed by atoms with Crippen molar-refractivity contribution in [3.8, 4) is 28.7 Å².